The minimum absolute atomic E-state index is 0.0874. The zero-order valence-electron chi connectivity index (χ0n) is 16.2. The number of carbonyl (C=O) groups excluding carboxylic acids is 2. The van der Waals surface area contributed by atoms with Gasteiger partial charge in [-0.2, -0.15) is 0 Å². The summed E-state index contributed by atoms with van der Waals surface area (Å²) < 4.78 is 0. The molecule has 1 aliphatic heterocycles. The SMILES string of the molecule is Cc1cc(C)cc(C(=O)N2CSCC2C(=O)NCc2csc(-c3cccs3)n2)c1. The van der Waals surface area contributed by atoms with Crippen LogP contribution in [0.4, 0.5) is 0 Å². The highest BCUT2D eigenvalue weighted by molar-refractivity contribution is 7.99. The minimum Gasteiger partial charge on any atom is -0.349 e. The molecule has 1 aromatic carbocycles. The summed E-state index contributed by atoms with van der Waals surface area (Å²) in [5.41, 5.74) is 3.57. The predicted molar refractivity (Wildman–Crippen MR) is 120 cm³/mol. The van der Waals surface area contributed by atoms with Crippen LogP contribution in [0.3, 0.4) is 0 Å². The van der Waals surface area contributed by atoms with Crippen LogP contribution in [-0.2, 0) is 11.3 Å². The Balaban J connectivity index is 1.40. The molecule has 29 heavy (non-hydrogen) atoms. The molecule has 0 aliphatic carbocycles. The van der Waals surface area contributed by atoms with Crippen molar-refractivity contribution in [3.63, 3.8) is 0 Å². The number of rotatable bonds is 5. The third kappa shape index (κ3) is 4.55. The first-order valence-electron chi connectivity index (χ1n) is 9.24. The summed E-state index contributed by atoms with van der Waals surface area (Å²) in [6, 6.07) is 9.39. The van der Waals surface area contributed by atoms with Crippen molar-refractivity contribution < 1.29 is 9.59 Å². The molecule has 0 saturated carbocycles. The van der Waals surface area contributed by atoms with E-state index in [0.717, 1.165) is 26.7 Å². The second kappa shape index (κ2) is 8.69. The molecular formula is C21H21N3O2S3. The molecule has 0 radical (unpaired) electrons. The number of thioether (sulfide) groups is 1. The normalized spacial score (nSPS) is 16.2. The molecule has 3 heterocycles. The van der Waals surface area contributed by atoms with Gasteiger partial charge in [-0.15, -0.1) is 34.4 Å². The van der Waals surface area contributed by atoms with E-state index in [0.29, 0.717) is 23.7 Å². The maximum atomic E-state index is 13.0. The van der Waals surface area contributed by atoms with Crippen molar-refractivity contribution >= 4 is 46.2 Å². The second-order valence-electron chi connectivity index (χ2n) is 7.01. The van der Waals surface area contributed by atoms with E-state index in [2.05, 4.69) is 10.3 Å². The molecular weight excluding hydrogens is 422 g/mol. The zero-order chi connectivity index (χ0) is 20.4. The van der Waals surface area contributed by atoms with Crippen LogP contribution in [0, 0.1) is 13.8 Å². The summed E-state index contributed by atoms with van der Waals surface area (Å²) in [5.74, 6) is 0.928. The van der Waals surface area contributed by atoms with Gasteiger partial charge in [0.15, 0.2) is 0 Å². The zero-order valence-corrected chi connectivity index (χ0v) is 18.6. The van der Waals surface area contributed by atoms with Gasteiger partial charge in [-0.3, -0.25) is 9.59 Å². The Morgan fingerprint density at radius 1 is 1.21 bits per heavy atom. The van der Waals surface area contributed by atoms with Crippen LogP contribution in [0.2, 0.25) is 0 Å². The number of benzene rings is 1. The van der Waals surface area contributed by atoms with Gasteiger partial charge >= 0.3 is 0 Å². The predicted octanol–water partition coefficient (Wildman–Crippen LogP) is 4.32. The van der Waals surface area contributed by atoms with E-state index in [1.807, 2.05) is 54.9 Å². The van der Waals surface area contributed by atoms with E-state index in [1.54, 1.807) is 39.3 Å². The van der Waals surface area contributed by atoms with Crippen molar-refractivity contribution in [2.45, 2.75) is 26.4 Å². The standard InChI is InChI=1S/C21H21N3O2S3/c1-13-6-14(2)8-15(7-13)21(26)24-12-27-11-17(24)19(25)22-9-16-10-29-20(23-16)18-4-3-5-28-18/h3-8,10,17H,9,11-12H2,1-2H3,(H,22,25). The van der Waals surface area contributed by atoms with Gasteiger partial charge in [0.2, 0.25) is 5.91 Å². The lowest BCUT2D eigenvalue weighted by molar-refractivity contribution is -0.124. The molecule has 1 N–H and O–H groups in total. The van der Waals surface area contributed by atoms with Gasteiger partial charge in [0.1, 0.15) is 11.0 Å². The number of amides is 2. The van der Waals surface area contributed by atoms with Gasteiger partial charge in [0.25, 0.3) is 5.91 Å². The third-order valence-corrected chi connectivity index (χ3v) is 7.58. The van der Waals surface area contributed by atoms with E-state index in [4.69, 9.17) is 0 Å². The van der Waals surface area contributed by atoms with Crippen LogP contribution >= 0.6 is 34.4 Å². The summed E-state index contributed by atoms with van der Waals surface area (Å²) >= 11 is 4.83. The summed E-state index contributed by atoms with van der Waals surface area (Å²) in [6.07, 6.45) is 0. The fourth-order valence-electron chi connectivity index (χ4n) is 3.32. The Bertz CT molecular complexity index is 1010. The van der Waals surface area contributed by atoms with Gasteiger partial charge in [-0.05, 0) is 37.4 Å². The molecule has 1 unspecified atom stereocenters. The minimum atomic E-state index is -0.455. The number of nitrogens with one attached hydrogen (secondary N) is 1. The molecule has 5 nitrogen and oxygen atoms in total. The number of thiophene rings is 1. The lowest BCUT2D eigenvalue weighted by Gasteiger charge is -2.23. The topological polar surface area (TPSA) is 62.3 Å². The van der Waals surface area contributed by atoms with E-state index in [1.165, 1.54) is 0 Å². The maximum Gasteiger partial charge on any atom is 0.255 e. The van der Waals surface area contributed by atoms with Gasteiger partial charge in [-0.1, -0.05) is 23.3 Å². The van der Waals surface area contributed by atoms with Gasteiger partial charge in [-0.25, -0.2) is 4.98 Å². The Morgan fingerprint density at radius 2 is 2.00 bits per heavy atom. The number of hydrogen-bond donors (Lipinski definition) is 1. The molecule has 1 fully saturated rings. The summed E-state index contributed by atoms with van der Waals surface area (Å²) in [7, 11) is 0. The van der Waals surface area contributed by atoms with Crippen molar-refractivity contribution in [3.05, 3.63) is 63.5 Å². The monoisotopic (exact) mass is 443 g/mol. The van der Waals surface area contributed by atoms with E-state index in [9.17, 15) is 9.59 Å². The van der Waals surface area contributed by atoms with Crippen molar-refractivity contribution in [2.24, 2.45) is 0 Å². The molecule has 0 spiro atoms. The third-order valence-electron chi connectivity index (χ3n) is 4.64. The summed E-state index contributed by atoms with van der Waals surface area (Å²) in [5, 5.41) is 7.92. The molecule has 3 aromatic rings. The number of nitrogens with zero attached hydrogens (tertiary/aromatic N) is 2. The first-order chi connectivity index (χ1) is 14.0. The first-order valence-corrected chi connectivity index (χ1v) is 12.2. The lowest BCUT2D eigenvalue weighted by Crippen LogP contribution is -2.47. The molecule has 1 aliphatic rings. The Hall–Kier alpha value is -2.16. The molecule has 0 bridgehead atoms. The van der Waals surface area contributed by atoms with Gasteiger partial charge in [0, 0.05) is 16.7 Å². The number of thiazole rings is 1. The Labute approximate surface area is 182 Å². The molecule has 1 atom stereocenters. The fourth-order valence-corrected chi connectivity index (χ4v) is 6.11. The van der Waals surface area contributed by atoms with Gasteiger partial charge in [0.05, 0.1) is 23.0 Å². The van der Waals surface area contributed by atoms with Crippen molar-refractivity contribution in [1.82, 2.24) is 15.2 Å². The Morgan fingerprint density at radius 3 is 2.72 bits per heavy atom. The van der Waals surface area contributed by atoms with E-state index < -0.39 is 6.04 Å². The number of carbonyl (C=O) groups is 2. The van der Waals surface area contributed by atoms with Crippen LogP contribution < -0.4 is 5.32 Å². The quantitative estimate of drug-likeness (QED) is 0.638. The first kappa shape index (κ1) is 20.1. The van der Waals surface area contributed by atoms with Crippen molar-refractivity contribution in [1.29, 1.82) is 0 Å². The maximum absolute atomic E-state index is 13.0. The van der Waals surface area contributed by atoms with Crippen LogP contribution in [0.5, 0.6) is 0 Å². The van der Waals surface area contributed by atoms with Gasteiger partial charge < -0.3 is 10.2 Å². The van der Waals surface area contributed by atoms with Crippen molar-refractivity contribution in [3.8, 4) is 9.88 Å². The average molecular weight is 444 g/mol. The van der Waals surface area contributed by atoms with E-state index in [-0.39, 0.29) is 11.8 Å². The molecule has 150 valence electrons. The van der Waals surface area contributed by atoms with Crippen molar-refractivity contribution in [2.75, 3.05) is 11.6 Å². The summed E-state index contributed by atoms with van der Waals surface area (Å²) in [4.78, 5) is 33.2. The Kier molecular flexibility index (Phi) is 6.03. The van der Waals surface area contributed by atoms with Crippen LogP contribution in [0.1, 0.15) is 27.2 Å². The number of aryl methyl sites for hydroxylation is 2. The molecule has 2 aromatic heterocycles. The van der Waals surface area contributed by atoms with Crippen LogP contribution in [0.15, 0.2) is 41.1 Å². The number of aromatic nitrogens is 1. The fraction of sp³-hybridized carbons (Fsp3) is 0.286. The van der Waals surface area contributed by atoms with Crippen LogP contribution in [-0.4, -0.2) is 39.4 Å². The lowest BCUT2D eigenvalue weighted by atomic mass is 10.1. The molecule has 1 saturated heterocycles. The highest BCUT2D eigenvalue weighted by atomic mass is 32.2. The molecule has 2 amide bonds. The highest BCUT2D eigenvalue weighted by Gasteiger charge is 2.35. The highest BCUT2D eigenvalue weighted by Crippen LogP contribution is 2.28. The summed E-state index contributed by atoms with van der Waals surface area (Å²) in [6.45, 7) is 4.32. The number of hydrogen-bond acceptors (Lipinski definition) is 6. The largest absolute Gasteiger partial charge is 0.349 e. The molecule has 8 heteroatoms. The second-order valence-corrected chi connectivity index (χ2v) is 9.81. The smallest absolute Gasteiger partial charge is 0.255 e. The van der Waals surface area contributed by atoms with Crippen LogP contribution in [0.25, 0.3) is 9.88 Å². The van der Waals surface area contributed by atoms with E-state index >= 15 is 0 Å². The average Bonchev–Trinajstić information content (AvgIpc) is 3.45. The molecule has 4 rings (SSSR count).